The third kappa shape index (κ3) is 6.65. The second-order valence-corrected chi connectivity index (χ2v) is 7.27. The molecule has 2 aromatic rings. The lowest BCUT2D eigenvalue weighted by Crippen LogP contribution is -2.44. The molecule has 30 heavy (non-hydrogen) atoms. The number of amides is 1. The molecule has 0 aliphatic carbocycles. The fourth-order valence-corrected chi connectivity index (χ4v) is 3.42. The van der Waals surface area contributed by atoms with Crippen LogP contribution in [0.15, 0.2) is 65.2 Å². The number of rotatable bonds is 7. The molecule has 1 amide bonds. The van der Waals surface area contributed by atoms with Gasteiger partial charge in [0.05, 0.1) is 6.54 Å². The maximum atomic E-state index is 10.9. The van der Waals surface area contributed by atoms with Crippen LogP contribution < -0.4 is 15.8 Å². The molecule has 0 unspecified atom stereocenters. The number of guanidine groups is 1. The summed E-state index contributed by atoms with van der Waals surface area (Å²) in [5, 5.41) is 3.41. The van der Waals surface area contributed by atoms with Gasteiger partial charge in [-0.1, -0.05) is 54.1 Å². The molecule has 6 heteroatoms. The molecular weight excluding hydrogens is 376 g/mol. The van der Waals surface area contributed by atoms with Gasteiger partial charge < -0.3 is 20.7 Å². The van der Waals surface area contributed by atoms with Crippen LogP contribution >= 0.6 is 0 Å². The number of nitrogens with one attached hydrogen (secondary N) is 1. The topological polar surface area (TPSA) is 80.0 Å². The molecule has 0 atom stereocenters. The van der Waals surface area contributed by atoms with Gasteiger partial charge in [0, 0.05) is 19.6 Å². The monoisotopic (exact) mass is 406 g/mol. The number of carbonyl (C=O) groups is 1. The first kappa shape index (κ1) is 21.4. The lowest BCUT2D eigenvalue weighted by molar-refractivity contribution is -0.119. The first-order valence-corrected chi connectivity index (χ1v) is 10.4. The lowest BCUT2D eigenvalue weighted by atomic mass is 10.0. The summed E-state index contributed by atoms with van der Waals surface area (Å²) in [7, 11) is 0. The van der Waals surface area contributed by atoms with Crippen molar-refractivity contribution in [1.29, 1.82) is 0 Å². The van der Waals surface area contributed by atoms with Gasteiger partial charge in [-0.05, 0) is 43.0 Å². The van der Waals surface area contributed by atoms with E-state index in [2.05, 4.69) is 47.5 Å². The number of aliphatic imine (C=N–C) groups is 1. The van der Waals surface area contributed by atoms with Gasteiger partial charge in [-0.3, -0.25) is 4.79 Å². The van der Waals surface area contributed by atoms with E-state index in [9.17, 15) is 4.79 Å². The summed E-state index contributed by atoms with van der Waals surface area (Å²) in [6.45, 7) is 5.22. The molecule has 1 aliphatic heterocycles. The van der Waals surface area contributed by atoms with Crippen molar-refractivity contribution >= 4 is 17.9 Å². The van der Waals surface area contributed by atoms with Gasteiger partial charge in [0.25, 0.3) is 5.91 Å². The summed E-state index contributed by atoms with van der Waals surface area (Å²) >= 11 is 0. The Morgan fingerprint density at radius 2 is 1.93 bits per heavy atom. The Morgan fingerprint density at radius 3 is 2.63 bits per heavy atom. The molecule has 1 aliphatic rings. The van der Waals surface area contributed by atoms with Gasteiger partial charge >= 0.3 is 0 Å². The van der Waals surface area contributed by atoms with Gasteiger partial charge in [-0.15, -0.1) is 0 Å². The van der Waals surface area contributed by atoms with E-state index in [1.54, 1.807) is 0 Å². The van der Waals surface area contributed by atoms with Crippen LogP contribution in [-0.2, 0) is 11.3 Å². The minimum Gasteiger partial charge on any atom is -0.484 e. The van der Waals surface area contributed by atoms with Crippen molar-refractivity contribution in [2.45, 2.75) is 26.3 Å². The largest absolute Gasteiger partial charge is 0.484 e. The van der Waals surface area contributed by atoms with Crippen LogP contribution in [0.4, 0.5) is 0 Å². The molecule has 1 heterocycles. The molecule has 6 nitrogen and oxygen atoms in total. The predicted molar refractivity (Wildman–Crippen MR) is 121 cm³/mol. The number of hydrogen-bond acceptors (Lipinski definition) is 3. The van der Waals surface area contributed by atoms with Crippen LogP contribution in [0.25, 0.3) is 6.08 Å². The van der Waals surface area contributed by atoms with Crippen molar-refractivity contribution in [2.24, 2.45) is 10.7 Å². The van der Waals surface area contributed by atoms with E-state index in [-0.39, 0.29) is 6.61 Å². The van der Waals surface area contributed by atoms with Crippen LogP contribution in [0.1, 0.15) is 30.9 Å². The van der Waals surface area contributed by atoms with Crippen molar-refractivity contribution < 1.29 is 9.53 Å². The number of piperidine rings is 1. The summed E-state index contributed by atoms with van der Waals surface area (Å²) in [6.07, 6.45) is 4.38. The zero-order valence-electron chi connectivity index (χ0n) is 17.5. The predicted octanol–water partition coefficient (Wildman–Crippen LogP) is 3.20. The average molecular weight is 407 g/mol. The number of benzene rings is 2. The van der Waals surface area contributed by atoms with Crippen molar-refractivity contribution in [2.75, 3.05) is 26.2 Å². The SMILES string of the molecule is CCNC(=NCc1cccc(OCC(N)=O)c1)N1CCC(=Cc2ccccc2)CC1. The van der Waals surface area contributed by atoms with Crippen LogP contribution in [0.3, 0.4) is 0 Å². The van der Waals surface area contributed by atoms with E-state index in [0.29, 0.717) is 12.3 Å². The minimum absolute atomic E-state index is 0.123. The molecule has 1 fully saturated rings. The summed E-state index contributed by atoms with van der Waals surface area (Å²) < 4.78 is 5.38. The molecule has 3 rings (SSSR count). The van der Waals surface area contributed by atoms with E-state index in [4.69, 9.17) is 15.5 Å². The zero-order chi connectivity index (χ0) is 21.2. The Bertz CT molecular complexity index is 883. The van der Waals surface area contributed by atoms with Gasteiger partial charge in [0.15, 0.2) is 12.6 Å². The maximum absolute atomic E-state index is 10.9. The lowest BCUT2D eigenvalue weighted by Gasteiger charge is -2.31. The number of primary amides is 1. The summed E-state index contributed by atoms with van der Waals surface area (Å²) in [4.78, 5) is 18.0. The normalized spacial score (nSPS) is 14.4. The van der Waals surface area contributed by atoms with E-state index < -0.39 is 5.91 Å². The Kier molecular flexibility index (Phi) is 7.89. The second-order valence-electron chi connectivity index (χ2n) is 7.27. The summed E-state index contributed by atoms with van der Waals surface area (Å²) in [5.41, 5.74) is 8.91. The third-order valence-electron chi connectivity index (χ3n) is 4.90. The van der Waals surface area contributed by atoms with E-state index in [1.165, 1.54) is 11.1 Å². The Labute approximate surface area is 178 Å². The fraction of sp³-hybridized carbons (Fsp3) is 0.333. The quantitative estimate of drug-likeness (QED) is 0.547. The van der Waals surface area contributed by atoms with Gasteiger partial charge in [0.1, 0.15) is 5.75 Å². The number of nitrogens with two attached hydrogens (primary N) is 1. The van der Waals surface area contributed by atoms with Gasteiger partial charge in [0.2, 0.25) is 0 Å². The highest BCUT2D eigenvalue weighted by Gasteiger charge is 2.17. The van der Waals surface area contributed by atoms with E-state index >= 15 is 0 Å². The molecule has 3 N–H and O–H groups in total. The molecule has 158 valence electrons. The highest BCUT2D eigenvalue weighted by Crippen LogP contribution is 2.20. The molecule has 2 aromatic carbocycles. The minimum atomic E-state index is -0.487. The molecule has 0 bridgehead atoms. The number of ether oxygens (including phenoxy) is 1. The summed E-state index contributed by atoms with van der Waals surface area (Å²) in [6, 6.07) is 18.1. The zero-order valence-corrected chi connectivity index (χ0v) is 17.5. The fourth-order valence-electron chi connectivity index (χ4n) is 3.42. The van der Waals surface area contributed by atoms with Gasteiger partial charge in [-0.2, -0.15) is 0 Å². The molecular formula is C24H30N4O2. The first-order valence-electron chi connectivity index (χ1n) is 10.4. The van der Waals surface area contributed by atoms with Crippen LogP contribution in [-0.4, -0.2) is 43.0 Å². The van der Waals surface area contributed by atoms with E-state index in [0.717, 1.165) is 44.0 Å². The smallest absolute Gasteiger partial charge is 0.255 e. The van der Waals surface area contributed by atoms with Crippen molar-refractivity contribution in [3.63, 3.8) is 0 Å². The van der Waals surface area contributed by atoms with Crippen molar-refractivity contribution in [1.82, 2.24) is 10.2 Å². The maximum Gasteiger partial charge on any atom is 0.255 e. The van der Waals surface area contributed by atoms with Crippen LogP contribution in [0.5, 0.6) is 5.75 Å². The number of likely N-dealkylation sites (tertiary alicyclic amines) is 1. The molecule has 0 saturated carbocycles. The number of hydrogen-bond donors (Lipinski definition) is 2. The van der Waals surface area contributed by atoms with Crippen LogP contribution in [0.2, 0.25) is 0 Å². The first-order chi connectivity index (χ1) is 14.6. The second kappa shape index (κ2) is 11.0. The molecule has 0 radical (unpaired) electrons. The van der Waals surface area contributed by atoms with E-state index in [1.807, 2.05) is 30.3 Å². The standard InChI is InChI=1S/C24H30N4O2/c1-2-26-24(27-17-21-9-6-10-22(16-21)30-18-23(25)29)28-13-11-20(12-14-28)15-19-7-4-3-5-8-19/h3-10,15-16H,2,11-14,17-18H2,1H3,(H2,25,29)(H,26,27). The average Bonchev–Trinajstić information content (AvgIpc) is 2.77. The third-order valence-corrected chi connectivity index (χ3v) is 4.90. The van der Waals surface area contributed by atoms with Gasteiger partial charge in [-0.25, -0.2) is 4.99 Å². The number of carbonyl (C=O) groups excluding carboxylic acids is 1. The molecule has 1 saturated heterocycles. The highest BCUT2D eigenvalue weighted by atomic mass is 16.5. The highest BCUT2D eigenvalue weighted by molar-refractivity contribution is 5.80. The Hall–Kier alpha value is -3.28. The molecule has 0 spiro atoms. The number of nitrogens with zero attached hydrogens (tertiary/aromatic N) is 2. The summed E-state index contributed by atoms with van der Waals surface area (Å²) in [5.74, 6) is 1.07. The van der Waals surface area contributed by atoms with Crippen molar-refractivity contribution in [3.8, 4) is 5.75 Å². The molecule has 0 aromatic heterocycles. The Balaban J connectivity index is 1.60. The Morgan fingerprint density at radius 1 is 1.17 bits per heavy atom. The van der Waals surface area contributed by atoms with Crippen LogP contribution in [0, 0.1) is 0 Å². The van der Waals surface area contributed by atoms with Crippen molar-refractivity contribution in [3.05, 3.63) is 71.3 Å².